The Kier molecular flexibility index (Phi) is 3.99. The first kappa shape index (κ1) is 13.6. The van der Waals surface area contributed by atoms with Crippen LogP contribution >= 0.6 is 0 Å². The number of carboxylic acids is 1. The van der Waals surface area contributed by atoms with Gasteiger partial charge < -0.3 is 19.3 Å². The van der Waals surface area contributed by atoms with Crippen molar-refractivity contribution in [2.75, 3.05) is 14.2 Å². The van der Waals surface area contributed by atoms with Gasteiger partial charge in [-0.15, -0.1) is 0 Å². The highest BCUT2D eigenvalue weighted by atomic mass is 16.5. The molecule has 0 aliphatic carbocycles. The molecule has 0 unspecified atom stereocenters. The second-order valence-electron chi connectivity index (χ2n) is 3.64. The zero-order valence-electron chi connectivity index (χ0n) is 10.9. The molecule has 0 atom stereocenters. The van der Waals surface area contributed by atoms with Crippen molar-refractivity contribution in [1.82, 2.24) is 9.97 Å². The van der Waals surface area contributed by atoms with E-state index in [2.05, 4.69) is 9.97 Å². The maximum Gasteiger partial charge on any atom is 0.356 e. The lowest BCUT2D eigenvalue weighted by molar-refractivity contribution is 0.0690. The summed E-state index contributed by atoms with van der Waals surface area (Å²) in [6.45, 7) is 0. The standard InChI is InChI=1S/C13H12N2O5/c1-18-9-4-3-5-10(19-2)12(9)20-11-7-14-8(6-15-11)13(16)17/h3-7H,1-2H3,(H,16,17). The summed E-state index contributed by atoms with van der Waals surface area (Å²) in [6.07, 6.45) is 2.33. The quantitative estimate of drug-likeness (QED) is 0.892. The molecule has 1 aromatic heterocycles. The summed E-state index contributed by atoms with van der Waals surface area (Å²) in [7, 11) is 3.00. The number of rotatable bonds is 5. The number of ether oxygens (including phenoxy) is 3. The number of carbonyl (C=O) groups is 1. The fourth-order valence-corrected chi connectivity index (χ4v) is 1.50. The first-order chi connectivity index (χ1) is 9.65. The molecule has 20 heavy (non-hydrogen) atoms. The Hall–Kier alpha value is -2.83. The van der Waals surface area contributed by atoms with Crippen LogP contribution in [-0.2, 0) is 0 Å². The SMILES string of the molecule is COc1cccc(OC)c1Oc1cnc(C(=O)O)cn1. The number of aromatic carboxylic acids is 1. The molecule has 0 aliphatic heterocycles. The second kappa shape index (κ2) is 5.87. The van der Waals surface area contributed by atoms with Gasteiger partial charge in [-0.3, -0.25) is 0 Å². The van der Waals surface area contributed by atoms with Gasteiger partial charge in [0.2, 0.25) is 11.6 Å². The molecule has 0 fully saturated rings. The third-order valence-electron chi connectivity index (χ3n) is 2.44. The number of para-hydroxylation sites is 1. The van der Waals surface area contributed by atoms with Crippen LogP contribution < -0.4 is 14.2 Å². The number of methoxy groups -OCH3 is 2. The lowest BCUT2D eigenvalue weighted by atomic mass is 10.3. The van der Waals surface area contributed by atoms with Crippen LogP contribution in [0.1, 0.15) is 10.5 Å². The van der Waals surface area contributed by atoms with Gasteiger partial charge in [0.1, 0.15) is 0 Å². The van der Waals surface area contributed by atoms with Crippen LogP contribution in [0.4, 0.5) is 0 Å². The number of aromatic nitrogens is 2. The van der Waals surface area contributed by atoms with Crippen molar-refractivity contribution in [1.29, 1.82) is 0 Å². The van der Waals surface area contributed by atoms with Crippen molar-refractivity contribution in [3.05, 3.63) is 36.3 Å². The molecule has 0 aliphatic rings. The van der Waals surface area contributed by atoms with Gasteiger partial charge in [-0.2, -0.15) is 0 Å². The molecule has 1 heterocycles. The van der Waals surface area contributed by atoms with Gasteiger partial charge in [-0.1, -0.05) is 6.07 Å². The van der Waals surface area contributed by atoms with Crippen LogP contribution in [0.25, 0.3) is 0 Å². The van der Waals surface area contributed by atoms with Crippen LogP contribution in [-0.4, -0.2) is 35.3 Å². The molecule has 7 heteroatoms. The van der Waals surface area contributed by atoms with Gasteiger partial charge in [-0.25, -0.2) is 14.8 Å². The summed E-state index contributed by atoms with van der Waals surface area (Å²) >= 11 is 0. The van der Waals surface area contributed by atoms with E-state index in [0.29, 0.717) is 17.2 Å². The van der Waals surface area contributed by atoms with Crippen LogP contribution in [0.5, 0.6) is 23.1 Å². The Morgan fingerprint density at radius 3 is 2.20 bits per heavy atom. The number of benzene rings is 1. The second-order valence-corrected chi connectivity index (χ2v) is 3.64. The molecular weight excluding hydrogens is 264 g/mol. The largest absolute Gasteiger partial charge is 0.493 e. The van der Waals surface area contributed by atoms with Crippen molar-refractivity contribution in [2.45, 2.75) is 0 Å². The minimum atomic E-state index is -1.15. The van der Waals surface area contributed by atoms with Crippen molar-refractivity contribution < 1.29 is 24.1 Å². The summed E-state index contributed by atoms with van der Waals surface area (Å²) < 4.78 is 15.9. The molecule has 0 saturated heterocycles. The molecule has 0 bridgehead atoms. The molecule has 0 radical (unpaired) electrons. The molecule has 104 valence electrons. The minimum Gasteiger partial charge on any atom is -0.493 e. The highest BCUT2D eigenvalue weighted by Crippen LogP contribution is 2.39. The number of hydrogen-bond acceptors (Lipinski definition) is 6. The Bertz CT molecular complexity index is 590. The van der Waals surface area contributed by atoms with Crippen LogP contribution in [0.3, 0.4) is 0 Å². The van der Waals surface area contributed by atoms with Crippen molar-refractivity contribution in [2.24, 2.45) is 0 Å². The zero-order valence-corrected chi connectivity index (χ0v) is 10.9. The number of nitrogens with zero attached hydrogens (tertiary/aromatic N) is 2. The zero-order chi connectivity index (χ0) is 14.5. The highest BCUT2D eigenvalue weighted by Gasteiger charge is 2.14. The third kappa shape index (κ3) is 2.77. The molecule has 1 N–H and O–H groups in total. The van der Waals surface area contributed by atoms with E-state index in [1.165, 1.54) is 20.4 Å². The summed E-state index contributed by atoms with van der Waals surface area (Å²) in [5.74, 6) is 0.258. The van der Waals surface area contributed by atoms with Gasteiger partial charge in [-0.05, 0) is 12.1 Å². The fraction of sp³-hybridized carbons (Fsp3) is 0.154. The van der Waals surface area contributed by atoms with Crippen molar-refractivity contribution in [3.63, 3.8) is 0 Å². The summed E-state index contributed by atoms with van der Waals surface area (Å²) in [5, 5.41) is 8.75. The molecule has 0 amide bonds. The van der Waals surface area contributed by atoms with E-state index in [-0.39, 0.29) is 11.6 Å². The minimum absolute atomic E-state index is 0.137. The molecule has 2 rings (SSSR count). The summed E-state index contributed by atoms with van der Waals surface area (Å²) in [4.78, 5) is 18.3. The van der Waals surface area contributed by atoms with Gasteiger partial charge in [0.15, 0.2) is 17.2 Å². The molecule has 1 aromatic carbocycles. The average Bonchev–Trinajstić information content (AvgIpc) is 2.48. The van der Waals surface area contributed by atoms with Gasteiger partial charge in [0.25, 0.3) is 0 Å². The number of carboxylic acid groups (broad SMARTS) is 1. The van der Waals surface area contributed by atoms with E-state index < -0.39 is 5.97 Å². The van der Waals surface area contributed by atoms with E-state index >= 15 is 0 Å². The van der Waals surface area contributed by atoms with Crippen LogP contribution in [0, 0.1) is 0 Å². The van der Waals surface area contributed by atoms with Gasteiger partial charge in [0.05, 0.1) is 26.6 Å². The Morgan fingerprint density at radius 2 is 1.75 bits per heavy atom. The fourth-order valence-electron chi connectivity index (χ4n) is 1.50. The Labute approximate surface area is 114 Å². The first-order valence-corrected chi connectivity index (χ1v) is 5.60. The lowest BCUT2D eigenvalue weighted by Gasteiger charge is -2.12. The number of hydrogen-bond donors (Lipinski definition) is 1. The topological polar surface area (TPSA) is 90.8 Å². The summed E-state index contributed by atoms with van der Waals surface area (Å²) in [6, 6.07) is 5.16. The van der Waals surface area contributed by atoms with Crippen molar-refractivity contribution in [3.8, 4) is 23.1 Å². The Balaban J connectivity index is 2.31. The lowest BCUT2D eigenvalue weighted by Crippen LogP contribution is -2.02. The van der Waals surface area contributed by atoms with Crippen LogP contribution in [0.2, 0.25) is 0 Å². The summed E-state index contributed by atoms with van der Waals surface area (Å²) in [5.41, 5.74) is -0.163. The predicted molar refractivity (Wildman–Crippen MR) is 68.6 cm³/mol. The molecule has 2 aromatic rings. The third-order valence-corrected chi connectivity index (χ3v) is 2.44. The maximum atomic E-state index is 10.7. The van der Waals surface area contributed by atoms with Crippen molar-refractivity contribution >= 4 is 5.97 Å². The van der Waals surface area contributed by atoms with E-state index in [1.807, 2.05) is 0 Å². The highest BCUT2D eigenvalue weighted by molar-refractivity contribution is 5.84. The maximum absolute atomic E-state index is 10.7. The smallest absolute Gasteiger partial charge is 0.356 e. The monoisotopic (exact) mass is 276 g/mol. The van der Waals surface area contributed by atoms with Crippen LogP contribution in [0.15, 0.2) is 30.6 Å². The molecule has 0 spiro atoms. The van der Waals surface area contributed by atoms with E-state index in [9.17, 15) is 4.79 Å². The molecule has 7 nitrogen and oxygen atoms in total. The van der Waals surface area contributed by atoms with E-state index in [4.69, 9.17) is 19.3 Å². The normalized spacial score (nSPS) is 9.90. The van der Waals surface area contributed by atoms with E-state index in [0.717, 1.165) is 6.20 Å². The average molecular weight is 276 g/mol. The predicted octanol–water partition coefficient (Wildman–Crippen LogP) is 1.98. The van der Waals surface area contributed by atoms with E-state index in [1.54, 1.807) is 18.2 Å². The Morgan fingerprint density at radius 1 is 1.10 bits per heavy atom. The van der Waals surface area contributed by atoms with Gasteiger partial charge in [0, 0.05) is 0 Å². The van der Waals surface area contributed by atoms with Gasteiger partial charge >= 0.3 is 5.97 Å². The molecular formula is C13H12N2O5. The first-order valence-electron chi connectivity index (χ1n) is 5.60. The molecule has 0 saturated carbocycles.